The highest BCUT2D eigenvalue weighted by molar-refractivity contribution is 6.27. The molecule has 2 nitrogen and oxygen atoms in total. The zero-order valence-corrected chi connectivity index (χ0v) is 45.3. The fourth-order valence-electron chi connectivity index (χ4n) is 14.4. The summed E-state index contributed by atoms with van der Waals surface area (Å²) in [5.41, 5.74) is 27.1. The van der Waals surface area contributed by atoms with Crippen molar-refractivity contribution in [3.63, 3.8) is 0 Å². The van der Waals surface area contributed by atoms with Crippen LogP contribution in [-0.4, -0.2) is 0 Å². The van der Waals surface area contributed by atoms with Crippen LogP contribution in [0.15, 0.2) is 267 Å². The van der Waals surface area contributed by atoms with E-state index in [0.29, 0.717) is 0 Å². The van der Waals surface area contributed by atoms with Crippen LogP contribution in [0.3, 0.4) is 0 Å². The normalized spacial score (nSPS) is 13.7. The van der Waals surface area contributed by atoms with Crippen molar-refractivity contribution in [3.8, 4) is 66.8 Å². The molecule has 13 aromatic carbocycles. The SMILES string of the molecule is CC1(C)c2ccccc2-c2ccc(-c3c4cc(N(c5ccccc5)c5ccc6c(c5)C(C)(C)c5ccccc5-6)ccc4c(-c4ccc5c6c(cccc46)-c4ccccc4-5)c4cc(N(c5ccccc5)c5ccccc5)ccc34)cc21. The standard InChI is InChI=1S/C78H56N2/c1-77(2)70-33-18-16-29-58(70)60-39-35-49(45-72(60)77)74-66-41-37-53(79(50-21-8-5-9-22-50)51-23-10-6-11-24-51)47-69(66)76(65-44-43-64-57-28-15-14-27-56(57)62-31-20-32-63(65)75(62)64)67-42-38-54(46-68(67)74)80(52-25-12-7-13-26-52)55-36-40-61-59-30-17-19-34-71(59)78(3,4)73(61)48-55/h5-48H,1-4H3. The van der Waals surface area contributed by atoms with Gasteiger partial charge in [0.2, 0.25) is 0 Å². The van der Waals surface area contributed by atoms with Gasteiger partial charge in [0, 0.05) is 45.0 Å². The second-order valence-electron chi connectivity index (χ2n) is 23.2. The van der Waals surface area contributed by atoms with E-state index in [1.165, 1.54) is 121 Å². The Morgan fingerprint density at radius 2 is 0.613 bits per heavy atom. The minimum absolute atomic E-state index is 0.161. The van der Waals surface area contributed by atoms with Crippen LogP contribution >= 0.6 is 0 Å². The topological polar surface area (TPSA) is 6.48 Å². The van der Waals surface area contributed by atoms with E-state index in [0.717, 1.165) is 34.1 Å². The van der Waals surface area contributed by atoms with Crippen LogP contribution in [0.25, 0.3) is 99.1 Å². The van der Waals surface area contributed by atoms with E-state index >= 15 is 0 Å². The van der Waals surface area contributed by atoms with Gasteiger partial charge in [-0.25, -0.2) is 0 Å². The van der Waals surface area contributed by atoms with E-state index < -0.39 is 0 Å². The van der Waals surface area contributed by atoms with Crippen LogP contribution in [-0.2, 0) is 10.8 Å². The van der Waals surface area contributed by atoms with Crippen LogP contribution in [0.1, 0.15) is 49.9 Å². The maximum Gasteiger partial charge on any atom is 0.0468 e. The van der Waals surface area contributed by atoms with Crippen LogP contribution in [0.5, 0.6) is 0 Å². The van der Waals surface area contributed by atoms with Crippen molar-refractivity contribution in [2.24, 2.45) is 0 Å². The van der Waals surface area contributed by atoms with Crippen molar-refractivity contribution in [2.75, 3.05) is 9.80 Å². The highest BCUT2D eigenvalue weighted by atomic mass is 15.1. The summed E-state index contributed by atoms with van der Waals surface area (Å²) in [6, 6.07) is 100. The Hall–Kier alpha value is -9.76. The third-order valence-corrected chi connectivity index (χ3v) is 18.2. The summed E-state index contributed by atoms with van der Waals surface area (Å²) in [7, 11) is 0. The molecule has 0 heterocycles. The number of hydrogen-bond donors (Lipinski definition) is 0. The number of anilines is 6. The molecule has 0 atom stereocenters. The van der Waals surface area contributed by atoms with E-state index in [1.807, 2.05) is 0 Å². The predicted molar refractivity (Wildman–Crippen MR) is 339 cm³/mol. The fraction of sp³-hybridized carbons (Fsp3) is 0.0769. The van der Waals surface area contributed by atoms with Crippen molar-refractivity contribution >= 4 is 66.4 Å². The number of hydrogen-bond acceptors (Lipinski definition) is 2. The van der Waals surface area contributed by atoms with E-state index in [2.05, 4.69) is 304 Å². The molecule has 0 radical (unpaired) electrons. The second-order valence-corrected chi connectivity index (χ2v) is 23.2. The first-order valence-electron chi connectivity index (χ1n) is 28.2. The Morgan fingerprint density at radius 1 is 0.225 bits per heavy atom. The Morgan fingerprint density at radius 3 is 1.19 bits per heavy atom. The Bertz CT molecular complexity index is 4630. The van der Waals surface area contributed by atoms with Crippen molar-refractivity contribution in [1.82, 2.24) is 0 Å². The Labute approximate surface area is 468 Å². The third-order valence-electron chi connectivity index (χ3n) is 18.2. The van der Waals surface area contributed by atoms with Gasteiger partial charge in [-0.05, 0) is 200 Å². The molecular formula is C78H56N2. The van der Waals surface area contributed by atoms with Gasteiger partial charge in [-0.2, -0.15) is 0 Å². The molecule has 0 saturated carbocycles. The molecule has 0 fully saturated rings. The van der Waals surface area contributed by atoms with Gasteiger partial charge in [-0.1, -0.05) is 216 Å². The smallest absolute Gasteiger partial charge is 0.0468 e. The lowest BCUT2D eigenvalue weighted by Crippen LogP contribution is -2.16. The Kier molecular flexibility index (Phi) is 10.1. The summed E-state index contributed by atoms with van der Waals surface area (Å²) in [6.07, 6.45) is 0. The highest BCUT2D eigenvalue weighted by Gasteiger charge is 2.38. The molecule has 16 rings (SSSR count). The van der Waals surface area contributed by atoms with Gasteiger partial charge in [-0.3, -0.25) is 0 Å². The molecule has 0 saturated heterocycles. The number of rotatable bonds is 8. The third kappa shape index (κ3) is 6.72. The molecule has 3 aliphatic carbocycles. The van der Waals surface area contributed by atoms with Crippen molar-refractivity contribution < 1.29 is 0 Å². The summed E-state index contributed by atoms with van der Waals surface area (Å²) < 4.78 is 0. The van der Waals surface area contributed by atoms with E-state index in [1.54, 1.807) is 0 Å². The van der Waals surface area contributed by atoms with Gasteiger partial charge in [0.25, 0.3) is 0 Å². The molecule has 378 valence electrons. The summed E-state index contributed by atoms with van der Waals surface area (Å²) in [6.45, 7) is 9.55. The van der Waals surface area contributed by atoms with Crippen LogP contribution in [0.4, 0.5) is 34.1 Å². The number of nitrogens with zero attached hydrogens (tertiary/aromatic N) is 2. The largest absolute Gasteiger partial charge is 0.310 e. The van der Waals surface area contributed by atoms with E-state index in [4.69, 9.17) is 0 Å². The highest BCUT2D eigenvalue weighted by Crippen LogP contribution is 2.56. The molecule has 0 aromatic heterocycles. The number of benzene rings is 13. The van der Waals surface area contributed by atoms with Gasteiger partial charge in [0.15, 0.2) is 0 Å². The van der Waals surface area contributed by atoms with E-state index in [-0.39, 0.29) is 10.8 Å². The van der Waals surface area contributed by atoms with Crippen LogP contribution in [0.2, 0.25) is 0 Å². The molecule has 3 aliphatic rings. The van der Waals surface area contributed by atoms with Crippen molar-refractivity contribution in [2.45, 2.75) is 38.5 Å². The Balaban J connectivity index is 1.02. The lowest BCUT2D eigenvalue weighted by molar-refractivity contribution is 0.660. The maximum absolute atomic E-state index is 2.52. The molecule has 13 aromatic rings. The summed E-state index contributed by atoms with van der Waals surface area (Å²) in [5.74, 6) is 0. The fourth-order valence-corrected chi connectivity index (χ4v) is 14.4. The quantitative estimate of drug-likeness (QED) is 0.140. The minimum atomic E-state index is -0.189. The minimum Gasteiger partial charge on any atom is -0.310 e. The zero-order chi connectivity index (χ0) is 53.4. The molecule has 0 bridgehead atoms. The molecule has 0 aliphatic heterocycles. The molecule has 0 unspecified atom stereocenters. The zero-order valence-electron chi connectivity index (χ0n) is 45.3. The number of para-hydroxylation sites is 3. The monoisotopic (exact) mass is 1020 g/mol. The van der Waals surface area contributed by atoms with Crippen LogP contribution < -0.4 is 9.80 Å². The van der Waals surface area contributed by atoms with Gasteiger partial charge in [0.05, 0.1) is 0 Å². The van der Waals surface area contributed by atoms with Gasteiger partial charge in [0.1, 0.15) is 0 Å². The average molecular weight is 1020 g/mol. The summed E-state index contributed by atoms with van der Waals surface area (Å²) in [5, 5.41) is 7.39. The molecule has 80 heavy (non-hydrogen) atoms. The molecular weight excluding hydrogens is 965 g/mol. The first-order chi connectivity index (χ1) is 39.2. The summed E-state index contributed by atoms with van der Waals surface area (Å²) in [4.78, 5) is 4.88. The number of fused-ring (bicyclic) bond motifs is 11. The van der Waals surface area contributed by atoms with Gasteiger partial charge < -0.3 is 9.80 Å². The summed E-state index contributed by atoms with van der Waals surface area (Å²) >= 11 is 0. The van der Waals surface area contributed by atoms with E-state index in [9.17, 15) is 0 Å². The maximum atomic E-state index is 2.52. The van der Waals surface area contributed by atoms with Gasteiger partial charge in [-0.15, -0.1) is 0 Å². The van der Waals surface area contributed by atoms with Crippen LogP contribution in [0, 0.1) is 0 Å². The van der Waals surface area contributed by atoms with Crippen molar-refractivity contribution in [3.05, 3.63) is 289 Å². The molecule has 0 spiro atoms. The molecule has 2 heteroatoms. The first-order valence-corrected chi connectivity index (χ1v) is 28.2. The van der Waals surface area contributed by atoms with Crippen molar-refractivity contribution in [1.29, 1.82) is 0 Å². The lowest BCUT2D eigenvalue weighted by Gasteiger charge is -2.29. The molecule has 0 N–H and O–H groups in total. The first kappa shape index (κ1) is 46.3. The average Bonchev–Trinajstić information content (AvgIpc) is 4.15. The predicted octanol–water partition coefficient (Wildman–Crippen LogP) is 21.7. The second kappa shape index (κ2) is 17.4. The molecule has 0 amide bonds. The van der Waals surface area contributed by atoms with Gasteiger partial charge >= 0.3 is 0 Å². The lowest BCUT2D eigenvalue weighted by atomic mass is 9.80.